The van der Waals surface area contributed by atoms with Crippen LogP contribution < -0.4 is 10.6 Å². The zero-order valence-electron chi connectivity index (χ0n) is 9.67. The van der Waals surface area contributed by atoms with Crippen LogP contribution in [0.25, 0.3) is 0 Å². The second-order valence-electron chi connectivity index (χ2n) is 4.34. The van der Waals surface area contributed by atoms with Crippen LogP contribution in [0.2, 0.25) is 4.34 Å². The summed E-state index contributed by atoms with van der Waals surface area (Å²) in [5.74, 6) is 0.0569. The SMILES string of the molecule is O=C(CNC1CCCC1)NCc1ccc(Cl)s1. The second-order valence-corrected chi connectivity index (χ2v) is 6.14. The Balaban J connectivity index is 1.63. The van der Waals surface area contributed by atoms with Gasteiger partial charge in [-0.25, -0.2) is 0 Å². The van der Waals surface area contributed by atoms with Gasteiger partial charge in [-0.1, -0.05) is 24.4 Å². The molecule has 5 heteroatoms. The zero-order chi connectivity index (χ0) is 12.1. The first kappa shape index (κ1) is 12.9. The van der Waals surface area contributed by atoms with Gasteiger partial charge in [-0.15, -0.1) is 11.3 Å². The number of thiophene rings is 1. The number of carbonyl (C=O) groups excluding carboxylic acids is 1. The summed E-state index contributed by atoms with van der Waals surface area (Å²) in [6.45, 7) is 0.992. The van der Waals surface area contributed by atoms with Crippen LogP contribution in [0.3, 0.4) is 0 Å². The van der Waals surface area contributed by atoms with E-state index in [-0.39, 0.29) is 5.91 Å². The molecule has 0 saturated heterocycles. The van der Waals surface area contributed by atoms with Crippen LogP contribution in [-0.4, -0.2) is 18.5 Å². The summed E-state index contributed by atoms with van der Waals surface area (Å²) in [7, 11) is 0. The minimum Gasteiger partial charge on any atom is -0.350 e. The van der Waals surface area contributed by atoms with Crippen molar-refractivity contribution in [2.75, 3.05) is 6.54 Å². The van der Waals surface area contributed by atoms with E-state index < -0.39 is 0 Å². The fourth-order valence-corrected chi connectivity index (χ4v) is 3.09. The van der Waals surface area contributed by atoms with Crippen molar-refractivity contribution in [1.29, 1.82) is 0 Å². The van der Waals surface area contributed by atoms with Gasteiger partial charge in [0.1, 0.15) is 0 Å². The van der Waals surface area contributed by atoms with Crippen molar-refractivity contribution >= 4 is 28.8 Å². The molecule has 0 radical (unpaired) electrons. The van der Waals surface area contributed by atoms with Crippen LogP contribution in [0, 0.1) is 0 Å². The maximum atomic E-state index is 11.6. The van der Waals surface area contributed by atoms with Crippen LogP contribution in [0.1, 0.15) is 30.6 Å². The highest BCUT2D eigenvalue weighted by Crippen LogP contribution is 2.21. The van der Waals surface area contributed by atoms with Crippen LogP contribution in [0.15, 0.2) is 12.1 Å². The topological polar surface area (TPSA) is 41.1 Å². The van der Waals surface area contributed by atoms with Gasteiger partial charge in [0.2, 0.25) is 5.91 Å². The number of rotatable bonds is 5. The third-order valence-corrected chi connectivity index (χ3v) is 4.23. The van der Waals surface area contributed by atoms with E-state index in [0.717, 1.165) is 9.21 Å². The molecule has 17 heavy (non-hydrogen) atoms. The molecule has 1 amide bonds. The van der Waals surface area contributed by atoms with Gasteiger partial charge in [-0.2, -0.15) is 0 Å². The summed E-state index contributed by atoms with van der Waals surface area (Å²) in [6, 6.07) is 4.33. The lowest BCUT2D eigenvalue weighted by Crippen LogP contribution is -2.37. The Morgan fingerprint density at radius 2 is 2.18 bits per heavy atom. The quantitative estimate of drug-likeness (QED) is 0.865. The summed E-state index contributed by atoms with van der Waals surface area (Å²) < 4.78 is 0.762. The molecule has 94 valence electrons. The molecule has 0 aromatic carbocycles. The van der Waals surface area contributed by atoms with Gasteiger partial charge < -0.3 is 10.6 Å². The van der Waals surface area contributed by atoms with E-state index in [1.165, 1.54) is 37.0 Å². The number of hydrogen-bond acceptors (Lipinski definition) is 3. The van der Waals surface area contributed by atoms with E-state index in [1.807, 2.05) is 12.1 Å². The number of amides is 1. The van der Waals surface area contributed by atoms with Gasteiger partial charge in [-0.3, -0.25) is 4.79 Å². The second kappa shape index (κ2) is 6.38. The third-order valence-electron chi connectivity index (χ3n) is 3.00. The number of hydrogen-bond donors (Lipinski definition) is 2. The highest BCUT2D eigenvalue weighted by atomic mass is 35.5. The van der Waals surface area contributed by atoms with Gasteiger partial charge in [0, 0.05) is 10.9 Å². The summed E-state index contributed by atoms with van der Waals surface area (Å²) in [5, 5.41) is 6.17. The molecule has 0 aliphatic heterocycles. The van der Waals surface area contributed by atoms with Gasteiger partial charge in [0.25, 0.3) is 0 Å². The van der Waals surface area contributed by atoms with Crippen molar-refractivity contribution < 1.29 is 4.79 Å². The van der Waals surface area contributed by atoms with Crippen LogP contribution in [0.4, 0.5) is 0 Å². The Morgan fingerprint density at radius 3 is 2.82 bits per heavy atom. The van der Waals surface area contributed by atoms with Gasteiger partial charge in [-0.05, 0) is 25.0 Å². The maximum Gasteiger partial charge on any atom is 0.234 e. The standard InChI is InChI=1S/C12H17ClN2OS/c13-11-6-5-10(17-11)7-15-12(16)8-14-9-3-1-2-4-9/h5-6,9,14H,1-4,7-8H2,(H,15,16). The average molecular weight is 273 g/mol. The first-order valence-corrected chi connectivity index (χ1v) is 7.18. The summed E-state index contributed by atoms with van der Waals surface area (Å²) in [5.41, 5.74) is 0. The first-order valence-electron chi connectivity index (χ1n) is 5.98. The molecular weight excluding hydrogens is 256 g/mol. The Labute approximate surface area is 111 Å². The van der Waals surface area contributed by atoms with Crippen LogP contribution in [-0.2, 0) is 11.3 Å². The molecule has 1 fully saturated rings. The zero-order valence-corrected chi connectivity index (χ0v) is 11.2. The maximum absolute atomic E-state index is 11.6. The predicted molar refractivity (Wildman–Crippen MR) is 71.4 cm³/mol. The van der Waals surface area contributed by atoms with Gasteiger partial charge >= 0.3 is 0 Å². The Kier molecular flexibility index (Phi) is 4.83. The minimum atomic E-state index is 0.0569. The highest BCUT2D eigenvalue weighted by molar-refractivity contribution is 7.16. The number of nitrogens with one attached hydrogen (secondary N) is 2. The van der Waals surface area contributed by atoms with Crippen molar-refractivity contribution in [3.05, 3.63) is 21.3 Å². The van der Waals surface area contributed by atoms with Crippen molar-refractivity contribution in [2.45, 2.75) is 38.3 Å². The lowest BCUT2D eigenvalue weighted by atomic mass is 10.2. The largest absolute Gasteiger partial charge is 0.350 e. The molecule has 3 nitrogen and oxygen atoms in total. The van der Waals surface area contributed by atoms with Gasteiger partial charge in [0.15, 0.2) is 0 Å². The predicted octanol–water partition coefficient (Wildman–Crippen LogP) is 2.55. The van der Waals surface area contributed by atoms with Crippen molar-refractivity contribution in [1.82, 2.24) is 10.6 Å². The Bertz CT molecular complexity index is 374. The normalized spacial score (nSPS) is 16.3. The molecule has 1 saturated carbocycles. The Morgan fingerprint density at radius 1 is 1.41 bits per heavy atom. The average Bonchev–Trinajstić information content (AvgIpc) is 2.95. The van der Waals surface area contributed by atoms with Crippen molar-refractivity contribution in [3.63, 3.8) is 0 Å². The smallest absolute Gasteiger partial charge is 0.234 e. The molecular formula is C12H17ClN2OS. The molecule has 0 bridgehead atoms. The molecule has 2 rings (SSSR count). The number of halogens is 1. The molecule has 0 spiro atoms. The summed E-state index contributed by atoms with van der Waals surface area (Å²) in [6.07, 6.45) is 4.97. The molecule has 1 aromatic rings. The molecule has 1 aliphatic rings. The van der Waals surface area contributed by atoms with Crippen LogP contribution in [0.5, 0.6) is 0 Å². The van der Waals surface area contributed by atoms with E-state index >= 15 is 0 Å². The fourth-order valence-electron chi connectivity index (χ4n) is 2.06. The lowest BCUT2D eigenvalue weighted by molar-refractivity contribution is -0.120. The Hall–Kier alpha value is -0.580. The van der Waals surface area contributed by atoms with Crippen molar-refractivity contribution in [2.24, 2.45) is 0 Å². The number of carbonyl (C=O) groups is 1. The fraction of sp³-hybridized carbons (Fsp3) is 0.583. The van der Waals surface area contributed by atoms with Crippen molar-refractivity contribution in [3.8, 4) is 0 Å². The first-order chi connectivity index (χ1) is 8.24. The van der Waals surface area contributed by atoms with E-state index in [9.17, 15) is 4.79 Å². The molecule has 1 aliphatic carbocycles. The monoisotopic (exact) mass is 272 g/mol. The summed E-state index contributed by atoms with van der Waals surface area (Å²) in [4.78, 5) is 12.7. The molecule has 0 atom stereocenters. The van der Waals surface area contributed by atoms with E-state index in [2.05, 4.69) is 10.6 Å². The summed E-state index contributed by atoms with van der Waals surface area (Å²) >= 11 is 7.32. The van der Waals surface area contributed by atoms with Gasteiger partial charge in [0.05, 0.1) is 17.4 Å². The van der Waals surface area contributed by atoms with E-state index in [0.29, 0.717) is 19.1 Å². The van der Waals surface area contributed by atoms with Crippen LogP contribution >= 0.6 is 22.9 Å². The molecule has 0 unspecified atom stereocenters. The molecule has 2 N–H and O–H groups in total. The van der Waals surface area contributed by atoms with E-state index in [1.54, 1.807) is 0 Å². The third kappa shape index (κ3) is 4.30. The molecule has 1 aromatic heterocycles. The minimum absolute atomic E-state index is 0.0569. The molecule has 1 heterocycles. The van der Waals surface area contributed by atoms with E-state index in [4.69, 9.17) is 11.6 Å². The lowest BCUT2D eigenvalue weighted by Gasteiger charge is -2.11. The highest BCUT2D eigenvalue weighted by Gasteiger charge is 2.15.